The average Bonchev–Trinajstić information content (AvgIpc) is 3.09. The van der Waals surface area contributed by atoms with E-state index >= 15 is 0 Å². The molecule has 6 heteroatoms. The monoisotopic (exact) mass is 317 g/mol. The summed E-state index contributed by atoms with van der Waals surface area (Å²) >= 11 is 3.08. The number of fused-ring (bicyclic) bond motifs is 1. The molecular weight excluding hydrogens is 302 g/mol. The highest BCUT2D eigenvalue weighted by Gasteiger charge is 2.25. The van der Waals surface area contributed by atoms with E-state index in [-0.39, 0.29) is 5.91 Å². The molecule has 2 aromatic rings. The SMILES string of the molecule is Cc1nc2c(s1)CCCC2CNC(=O)c1sccc1C#N. The van der Waals surface area contributed by atoms with Crippen LogP contribution in [0, 0.1) is 18.3 Å². The summed E-state index contributed by atoms with van der Waals surface area (Å²) in [5, 5.41) is 14.8. The fourth-order valence-electron chi connectivity index (χ4n) is 2.70. The van der Waals surface area contributed by atoms with Gasteiger partial charge in [-0.25, -0.2) is 4.98 Å². The number of thiazole rings is 1. The van der Waals surface area contributed by atoms with Gasteiger partial charge in [0.15, 0.2) is 0 Å². The van der Waals surface area contributed by atoms with Gasteiger partial charge in [0, 0.05) is 17.3 Å². The molecule has 0 saturated carbocycles. The summed E-state index contributed by atoms with van der Waals surface area (Å²) in [5.41, 5.74) is 1.61. The predicted molar refractivity (Wildman–Crippen MR) is 83.9 cm³/mol. The van der Waals surface area contributed by atoms with E-state index < -0.39 is 0 Å². The maximum atomic E-state index is 12.2. The molecule has 108 valence electrons. The number of amides is 1. The second-order valence-corrected chi connectivity index (χ2v) is 7.32. The Morgan fingerprint density at radius 3 is 3.29 bits per heavy atom. The molecule has 1 aliphatic carbocycles. The molecule has 1 aliphatic rings. The molecule has 0 radical (unpaired) electrons. The van der Waals surface area contributed by atoms with Crippen LogP contribution in [-0.4, -0.2) is 17.4 Å². The average molecular weight is 317 g/mol. The predicted octanol–water partition coefficient (Wildman–Crippen LogP) is 3.23. The minimum absolute atomic E-state index is 0.152. The summed E-state index contributed by atoms with van der Waals surface area (Å²) in [6.45, 7) is 2.63. The van der Waals surface area contributed by atoms with Gasteiger partial charge in [0.1, 0.15) is 10.9 Å². The number of carbonyl (C=O) groups excluding carboxylic acids is 1. The largest absolute Gasteiger partial charge is 0.351 e. The molecule has 1 N–H and O–H groups in total. The minimum Gasteiger partial charge on any atom is -0.351 e. The molecule has 0 fully saturated rings. The number of aromatic nitrogens is 1. The minimum atomic E-state index is -0.152. The van der Waals surface area contributed by atoms with Crippen molar-refractivity contribution in [1.82, 2.24) is 10.3 Å². The van der Waals surface area contributed by atoms with Crippen molar-refractivity contribution in [2.45, 2.75) is 32.1 Å². The standard InChI is InChI=1S/C15H15N3OS2/c1-9-18-13-11(3-2-4-12(13)21-9)8-17-15(19)14-10(7-16)5-6-20-14/h5-6,11H,2-4,8H2,1H3,(H,17,19). The maximum Gasteiger partial charge on any atom is 0.262 e. The number of aryl methyl sites for hydroxylation is 2. The fraction of sp³-hybridized carbons (Fsp3) is 0.400. The lowest BCUT2D eigenvalue weighted by Gasteiger charge is -2.21. The van der Waals surface area contributed by atoms with E-state index in [0.29, 0.717) is 22.9 Å². The van der Waals surface area contributed by atoms with Crippen LogP contribution in [0.25, 0.3) is 0 Å². The molecule has 2 aromatic heterocycles. The second-order valence-electron chi connectivity index (χ2n) is 5.12. The smallest absolute Gasteiger partial charge is 0.262 e. The molecule has 0 aliphatic heterocycles. The Hall–Kier alpha value is -1.71. The van der Waals surface area contributed by atoms with Crippen LogP contribution >= 0.6 is 22.7 Å². The van der Waals surface area contributed by atoms with E-state index in [0.717, 1.165) is 30.0 Å². The molecule has 21 heavy (non-hydrogen) atoms. The molecule has 0 aromatic carbocycles. The molecule has 1 atom stereocenters. The number of thiophene rings is 1. The Balaban J connectivity index is 1.69. The van der Waals surface area contributed by atoms with Gasteiger partial charge in [-0.05, 0) is 37.6 Å². The van der Waals surface area contributed by atoms with Crippen LogP contribution in [0.5, 0.6) is 0 Å². The molecule has 1 amide bonds. The Kier molecular flexibility index (Phi) is 4.04. The lowest BCUT2D eigenvalue weighted by Crippen LogP contribution is -2.29. The third kappa shape index (κ3) is 2.85. The van der Waals surface area contributed by atoms with Crippen LogP contribution in [0.1, 0.15) is 49.6 Å². The van der Waals surface area contributed by atoms with Crippen molar-refractivity contribution < 1.29 is 4.79 Å². The van der Waals surface area contributed by atoms with Gasteiger partial charge >= 0.3 is 0 Å². The number of hydrogen-bond donors (Lipinski definition) is 1. The maximum absolute atomic E-state index is 12.2. The van der Waals surface area contributed by atoms with Crippen LogP contribution in [0.4, 0.5) is 0 Å². The van der Waals surface area contributed by atoms with Crippen LogP contribution < -0.4 is 5.32 Å². The highest BCUT2D eigenvalue weighted by atomic mass is 32.1. The summed E-state index contributed by atoms with van der Waals surface area (Å²) in [4.78, 5) is 18.7. The van der Waals surface area contributed by atoms with Crippen molar-refractivity contribution in [2.75, 3.05) is 6.54 Å². The summed E-state index contributed by atoms with van der Waals surface area (Å²) in [7, 11) is 0. The lowest BCUT2D eigenvalue weighted by atomic mass is 9.91. The Labute approximate surface area is 131 Å². The molecule has 0 saturated heterocycles. The van der Waals surface area contributed by atoms with Gasteiger partial charge in [-0.3, -0.25) is 4.79 Å². The number of hydrogen-bond acceptors (Lipinski definition) is 5. The van der Waals surface area contributed by atoms with E-state index in [9.17, 15) is 4.79 Å². The molecule has 4 nitrogen and oxygen atoms in total. The quantitative estimate of drug-likeness (QED) is 0.945. The van der Waals surface area contributed by atoms with Crippen molar-refractivity contribution in [2.24, 2.45) is 0 Å². The first-order valence-corrected chi connectivity index (χ1v) is 8.60. The Bertz CT molecular complexity index is 711. The second kappa shape index (κ2) is 5.96. The topological polar surface area (TPSA) is 65.8 Å². The molecule has 0 spiro atoms. The van der Waals surface area contributed by atoms with Gasteiger partial charge in [0.25, 0.3) is 5.91 Å². The first-order chi connectivity index (χ1) is 10.2. The van der Waals surface area contributed by atoms with Crippen molar-refractivity contribution in [3.8, 4) is 6.07 Å². The van der Waals surface area contributed by atoms with Gasteiger partial charge in [0.2, 0.25) is 0 Å². The summed E-state index contributed by atoms with van der Waals surface area (Å²) < 4.78 is 0. The van der Waals surface area contributed by atoms with E-state index in [1.54, 1.807) is 22.8 Å². The summed E-state index contributed by atoms with van der Waals surface area (Å²) in [6, 6.07) is 3.73. The first-order valence-electron chi connectivity index (χ1n) is 6.91. The number of nitriles is 1. The highest BCUT2D eigenvalue weighted by molar-refractivity contribution is 7.12. The fourth-order valence-corrected chi connectivity index (χ4v) is 4.52. The van der Waals surface area contributed by atoms with Gasteiger partial charge in [-0.2, -0.15) is 5.26 Å². The summed E-state index contributed by atoms with van der Waals surface area (Å²) in [6.07, 6.45) is 3.32. The molecule has 0 bridgehead atoms. The number of carbonyl (C=O) groups is 1. The van der Waals surface area contributed by atoms with E-state index in [1.165, 1.54) is 16.2 Å². The van der Waals surface area contributed by atoms with Gasteiger partial charge in [-0.1, -0.05) is 0 Å². The third-order valence-corrected chi connectivity index (χ3v) is 5.64. The number of nitrogens with one attached hydrogen (secondary N) is 1. The van der Waals surface area contributed by atoms with Crippen LogP contribution in [0.2, 0.25) is 0 Å². The zero-order valence-corrected chi connectivity index (χ0v) is 13.3. The van der Waals surface area contributed by atoms with Crippen LogP contribution in [0.3, 0.4) is 0 Å². The Morgan fingerprint density at radius 1 is 1.62 bits per heavy atom. The highest BCUT2D eigenvalue weighted by Crippen LogP contribution is 2.34. The van der Waals surface area contributed by atoms with Gasteiger partial charge in [-0.15, -0.1) is 22.7 Å². The van der Waals surface area contributed by atoms with Crippen LogP contribution in [0.15, 0.2) is 11.4 Å². The molecule has 2 heterocycles. The van der Waals surface area contributed by atoms with E-state index in [2.05, 4.69) is 16.4 Å². The van der Waals surface area contributed by atoms with Crippen molar-refractivity contribution in [1.29, 1.82) is 5.26 Å². The van der Waals surface area contributed by atoms with E-state index in [4.69, 9.17) is 5.26 Å². The van der Waals surface area contributed by atoms with Crippen molar-refractivity contribution >= 4 is 28.6 Å². The Morgan fingerprint density at radius 2 is 2.48 bits per heavy atom. The third-order valence-electron chi connectivity index (χ3n) is 3.68. The van der Waals surface area contributed by atoms with E-state index in [1.807, 2.05) is 6.92 Å². The van der Waals surface area contributed by atoms with Gasteiger partial charge < -0.3 is 5.32 Å². The summed E-state index contributed by atoms with van der Waals surface area (Å²) in [5.74, 6) is 0.147. The molecule has 3 rings (SSSR count). The van der Waals surface area contributed by atoms with Crippen molar-refractivity contribution in [3.05, 3.63) is 37.5 Å². The lowest BCUT2D eigenvalue weighted by molar-refractivity contribution is 0.0954. The zero-order valence-electron chi connectivity index (χ0n) is 11.7. The first kappa shape index (κ1) is 14.2. The van der Waals surface area contributed by atoms with Crippen molar-refractivity contribution in [3.63, 3.8) is 0 Å². The normalized spacial score (nSPS) is 17.0. The number of rotatable bonds is 3. The molecular formula is C15H15N3OS2. The molecule has 1 unspecified atom stereocenters. The van der Waals surface area contributed by atoms with Gasteiger partial charge in [0.05, 0.1) is 16.3 Å². The zero-order chi connectivity index (χ0) is 14.8. The number of nitrogens with zero attached hydrogens (tertiary/aromatic N) is 2. The van der Waals surface area contributed by atoms with Crippen LogP contribution in [-0.2, 0) is 6.42 Å².